The Hall–Kier alpha value is -1.37. The molecule has 0 radical (unpaired) electrons. The molecule has 1 aromatic heterocycles. The highest BCUT2D eigenvalue weighted by Gasteiger charge is 2.17. The summed E-state index contributed by atoms with van der Waals surface area (Å²) in [6, 6.07) is 1.65. The van der Waals surface area contributed by atoms with Gasteiger partial charge in [0.05, 0.1) is 18.3 Å². The monoisotopic (exact) mass is 254 g/mol. The van der Waals surface area contributed by atoms with Gasteiger partial charge in [-0.1, -0.05) is 0 Å². The summed E-state index contributed by atoms with van der Waals surface area (Å²) in [5.74, 6) is 5.87. The molecule has 1 amide bonds. The van der Waals surface area contributed by atoms with Crippen LogP contribution in [0.2, 0.25) is 0 Å². The number of rotatable bonds is 5. The lowest BCUT2D eigenvalue weighted by Crippen LogP contribution is -2.30. The minimum Gasteiger partial charge on any atom is -0.463 e. The van der Waals surface area contributed by atoms with E-state index in [9.17, 15) is 4.79 Å². The SMILES string of the molecule is Cc1oc(COCC2CCCO2)cc1C(=O)NN. The fourth-order valence-electron chi connectivity index (χ4n) is 1.98. The van der Waals surface area contributed by atoms with Crippen molar-refractivity contribution < 1.29 is 18.7 Å². The van der Waals surface area contributed by atoms with Gasteiger partial charge >= 0.3 is 0 Å². The summed E-state index contributed by atoms with van der Waals surface area (Å²) < 4.78 is 16.4. The number of aryl methyl sites for hydroxylation is 1. The van der Waals surface area contributed by atoms with Crippen molar-refractivity contribution in [3.8, 4) is 0 Å². The zero-order chi connectivity index (χ0) is 13.0. The van der Waals surface area contributed by atoms with Crippen LogP contribution >= 0.6 is 0 Å². The van der Waals surface area contributed by atoms with Crippen LogP contribution in [0, 0.1) is 6.92 Å². The second-order valence-electron chi connectivity index (χ2n) is 4.31. The average Bonchev–Trinajstić information content (AvgIpc) is 2.98. The third-order valence-electron chi connectivity index (χ3n) is 2.92. The van der Waals surface area contributed by atoms with E-state index in [1.54, 1.807) is 13.0 Å². The van der Waals surface area contributed by atoms with Gasteiger partial charge in [-0.3, -0.25) is 10.2 Å². The average molecular weight is 254 g/mol. The van der Waals surface area contributed by atoms with E-state index in [-0.39, 0.29) is 12.0 Å². The zero-order valence-corrected chi connectivity index (χ0v) is 10.4. The molecule has 2 heterocycles. The molecule has 3 N–H and O–H groups in total. The number of nitrogen functional groups attached to an aromatic ring is 1. The van der Waals surface area contributed by atoms with Crippen molar-refractivity contribution in [2.75, 3.05) is 13.2 Å². The molecule has 1 aliphatic rings. The summed E-state index contributed by atoms with van der Waals surface area (Å²) in [5, 5.41) is 0. The van der Waals surface area contributed by atoms with Crippen LogP contribution in [0.1, 0.15) is 34.7 Å². The van der Waals surface area contributed by atoms with Crippen molar-refractivity contribution in [3.05, 3.63) is 23.2 Å². The van der Waals surface area contributed by atoms with Crippen LogP contribution in [-0.2, 0) is 16.1 Å². The van der Waals surface area contributed by atoms with E-state index in [1.165, 1.54) is 0 Å². The minimum absolute atomic E-state index is 0.188. The summed E-state index contributed by atoms with van der Waals surface area (Å²) in [7, 11) is 0. The Morgan fingerprint density at radius 1 is 1.67 bits per heavy atom. The number of hydrogen-bond donors (Lipinski definition) is 2. The van der Waals surface area contributed by atoms with Crippen LogP contribution < -0.4 is 11.3 Å². The van der Waals surface area contributed by atoms with Gasteiger partial charge in [0.25, 0.3) is 5.91 Å². The number of amides is 1. The number of carbonyl (C=O) groups is 1. The van der Waals surface area contributed by atoms with E-state index in [4.69, 9.17) is 19.7 Å². The Labute approximate surface area is 105 Å². The number of hydrogen-bond acceptors (Lipinski definition) is 5. The van der Waals surface area contributed by atoms with Crippen LogP contribution in [0.5, 0.6) is 0 Å². The molecule has 6 heteroatoms. The largest absolute Gasteiger partial charge is 0.463 e. The maximum atomic E-state index is 11.4. The molecule has 6 nitrogen and oxygen atoms in total. The Bertz CT molecular complexity index is 410. The predicted molar refractivity (Wildman–Crippen MR) is 63.7 cm³/mol. The van der Waals surface area contributed by atoms with E-state index in [2.05, 4.69) is 5.43 Å². The molecule has 100 valence electrons. The van der Waals surface area contributed by atoms with E-state index >= 15 is 0 Å². The topological polar surface area (TPSA) is 86.7 Å². The number of carbonyl (C=O) groups excluding carboxylic acids is 1. The maximum Gasteiger partial charge on any atom is 0.268 e. The van der Waals surface area contributed by atoms with Crippen molar-refractivity contribution in [1.82, 2.24) is 5.43 Å². The normalized spacial score (nSPS) is 19.1. The van der Waals surface area contributed by atoms with Crippen LogP contribution in [0.3, 0.4) is 0 Å². The predicted octanol–water partition coefficient (Wildman–Crippen LogP) is 0.887. The molecule has 18 heavy (non-hydrogen) atoms. The molecule has 0 aliphatic carbocycles. The summed E-state index contributed by atoms with van der Waals surface area (Å²) in [4.78, 5) is 11.4. The van der Waals surface area contributed by atoms with Crippen molar-refractivity contribution in [2.45, 2.75) is 32.5 Å². The van der Waals surface area contributed by atoms with E-state index in [0.717, 1.165) is 19.4 Å². The Balaban J connectivity index is 1.83. The first kappa shape index (κ1) is 13.1. The van der Waals surface area contributed by atoms with Gasteiger partial charge in [-0.15, -0.1) is 0 Å². The molecule has 0 saturated carbocycles. The number of furan rings is 1. The third-order valence-corrected chi connectivity index (χ3v) is 2.92. The molecule has 1 fully saturated rings. The van der Waals surface area contributed by atoms with Crippen molar-refractivity contribution in [1.29, 1.82) is 0 Å². The van der Waals surface area contributed by atoms with Crippen LogP contribution in [0.25, 0.3) is 0 Å². The van der Waals surface area contributed by atoms with Crippen molar-refractivity contribution in [2.24, 2.45) is 5.84 Å². The fraction of sp³-hybridized carbons (Fsp3) is 0.583. The van der Waals surface area contributed by atoms with Gasteiger partial charge in [0.1, 0.15) is 18.1 Å². The highest BCUT2D eigenvalue weighted by atomic mass is 16.5. The van der Waals surface area contributed by atoms with Crippen molar-refractivity contribution in [3.63, 3.8) is 0 Å². The van der Waals surface area contributed by atoms with Crippen LogP contribution in [-0.4, -0.2) is 25.2 Å². The number of hydrazine groups is 1. The second-order valence-corrected chi connectivity index (χ2v) is 4.31. The molecule has 1 unspecified atom stereocenters. The maximum absolute atomic E-state index is 11.4. The lowest BCUT2D eigenvalue weighted by molar-refractivity contribution is 0.00566. The molecular weight excluding hydrogens is 236 g/mol. The lowest BCUT2D eigenvalue weighted by Gasteiger charge is -2.08. The number of nitrogens with one attached hydrogen (secondary N) is 1. The van der Waals surface area contributed by atoms with Gasteiger partial charge < -0.3 is 13.9 Å². The van der Waals surface area contributed by atoms with Gasteiger partial charge in [-0.25, -0.2) is 5.84 Å². The first-order valence-electron chi connectivity index (χ1n) is 6.00. The van der Waals surface area contributed by atoms with Gasteiger partial charge in [0.2, 0.25) is 0 Å². The molecule has 1 aromatic rings. The van der Waals surface area contributed by atoms with Crippen LogP contribution in [0.4, 0.5) is 0 Å². The van der Waals surface area contributed by atoms with E-state index < -0.39 is 0 Å². The molecule has 1 saturated heterocycles. The van der Waals surface area contributed by atoms with Gasteiger partial charge in [0, 0.05) is 6.61 Å². The second kappa shape index (κ2) is 5.99. The Morgan fingerprint density at radius 2 is 2.50 bits per heavy atom. The molecule has 0 aromatic carbocycles. The van der Waals surface area contributed by atoms with Gasteiger partial charge in [-0.05, 0) is 25.8 Å². The minimum atomic E-state index is -0.360. The number of nitrogens with two attached hydrogens (primary N) is 1. The lowest BCUT2D eigenvalue weighted by atomic mass is 10.2. The summed E-state index contributed by atoms with van der Waals surface area (Å²) >= 11 is 0. The van der Waals surface area contributed by atoms with Gasteiger partial charge in [0.15, 0.2) is 0 Å². The Morgan fingerprint density at radius 3 is 3.17 bits per heavy atom. The molecule has 1 aliphatic heterocycles. The molecular formula is C12H18N2O4. The molecule has 0 spiro atoms. The number of ether oxygens (including phenoxy) is 2. The smallest absolute Gasteiger partial charge is 0.268 e. The third kappa shape index (κ3) is 3.10. The molecule has 1 atom stereocenters. The first-order chi connectivity index (χ1) is 8.70. The molecule has 0 bridgehead atoms. The quantitative estimate of drug-likeness (QED) is 0.463. The molecule has 2 rings (SSSR count). The van der Waals surface area contributed by atoms with Gasteiger partial charge in [-0.2, -0.15) is 0 Å². The van der Waals surface area contributed by atoms with Crippen molar-refractivity contribution >= 4 is 5.91 Å². The highest BCUT2D eigenvalue weighted by molar-refractivity contribution is 5.94. The fourth-order valence-corrected chi connectivity index (χ4v) is 1.98. The Kier molecular flexibility index (Phi) is 4.35. The van der Waals surface area contributed by atoms with E-state index in [0.29, 0.717) is 30.3 Å². The van der Waals surface area contributed by atoms with E-state index in [1.807, 2.05) is 0 Å². The summed E-state index contributed by atoms with van der Waals surface area (Å²) in [6.07, 6.45) is 2.32. The first-order valence-corrected chi connectivity index (χ1v) is 6.00. The zero-order valence-electron chi connectivity index (χ0n) is 10.4. The highest BCUT2D eigenvalue weighted by Crippen LogP contribution is 2.17. The summed E-state index contributed by atoms with van der Waals surface area (Å²) in [5.41, 5.74) is 2.51. The summed E-state index contributed by atoms with van der Waals surface area (Å²) in [6.45, 7) is 3.42. The standard InChI is InChI=1S/C12H18N2O4/c1-8-11(12(15)14-13)5-10(18-8)7-16-6-9-3-2-4-17-9/h5,9H,2-4,6-7,13H2,1H3,(H,14,15). The van der Waals surface area contributed by atoms with Crippen LogP contribution in [0.15, 0.2) is 10.5 Å².